The van der Waals surface area contributed by atoms with Gasteiger partial charge in [-0.25, -0.2) is 9.37 Å². The lowest BCUT2D eigenvalue weighted by Gasteiger charge is -2.05. The van der Waals surface area contributed by atoms with Crippen molar-refractivity contribution < 1.29 is 9.18 Å². The van der Waals surface area contributed by atoms with E-state index in [-0.39, 0.29) is 5.69 Å². The molecule has 3 rings (SSSR count). The number of para-hydroxylation sites is 1. The van der Waals surface area contributed by atoms with Gasteiger partial charge in [-0.05, 0) is 36.6 Å². The zero-order valence-corrected chi connectivity index (χ0v) is 12.2. The number of aryl methyl sites for hydroxylation is 1. The first-order valence-corrected chi connectivity index (χ1v) is 7.10. The van der Waals surface area contributed by atoms with Crippen molar-refractivity contribution in [2.45, 2.75) is 13.3 Å². The number of fused-ring (bicyclic) bond motifs is 1. The average Bonchev–Trinajstić information content (AvgIpc) is 2.90. The Morgan fingerprint density at radius 1 is 1.36 bits per heavy atom. The van der Waals surface area contributed by atoms with Crippen LogP contribution in [0.1, 0.15) is 21.6 Å². The Morgan fingerprint density at radius 3 is 3.00 bits per heavy atom. The standard InChI is InChI=1S/C17H16FN3O/c1-11-8-14(18)16(21-9-11)17(22)19-7-6-12-10-20-15-5-3-2-4-13(12)15/h2-5,8-10,20H,6-7H2,1H3,(H,19,22). The number of rotatable bonds is 4. The van der Waals surface area contributed by atoms with E-state index < -0.39 is 11.7 Å². The number of aromatic nitrogens is 2. The summed E-state index contributed by atoms with van der Waals surface area (Å²) >= 11 is 0. The molecule has 0 aliphatic rings. The molecular formula is C17H16FN3O. The summed E-state index contributed by atoms with van der Waals surface area (Å²) in [5.41, 5.74) is 2.71. The van der Waals surface area contributed by atoms with Gasteiger partial charge in [0.05, 0.1) is 0 Å². The molecule has 0 spiro atoms. The highest BCUT2D eigenvalue weighted by atomic mass is 19.1. The molecule has 112 valence electrons. The van der Waals surface area contributed by atoms with Crippen LogP contribution in [0.25, 0.3) is 10.9 Å². The molecule has 3 aromatic rings. The summed E-state index contributed by atoms with van der Waals surface area (Å²) in [5, 5.41) is 3.84. The Morgan fingerprint density at radius 2 is 2.18 bits per heavy atom. The highest BCUT2D eigenvalue weighted by molar-refractivity contribution is 5.92. The fraction of sp³-hybridized carbons (Fsp3) is 0.176. The van der Waals surface area contributed by atoms with Crippen molar-refractivity contribution in [1.29, 1.82) is 0 Å². The first kappa shape index (κ1) is 14.3. The normalized spacial score (nSPS) is 10.8. The smallest absolute Gasteiger partial charge is 0.272 e. The molecule has 0 saturated heterocycles. The summed E-state index contributed by atoms with van der Waals surface area (Å²) in [6.45, 7) is 2.16. The molecule has 0 saturated carbocycles. The molecule has 2 aromatic heterocycles. The SMILES string of the molecule is Cc1cnc(C(=O)NCCc2c[nH]c3ccccc23)c(F)c1. The van der Waals surface area contributed by atoms with Crippen molar-refractivity contribution in [2.75, 3.05) is 6.54 Å². The number of nitrogens with zero attached hydrogens (tertiary/aromatic N) is 1. The molecule has 2 heterocycles. The molecule has 2 N–H and O–H groups in total. The maximum absolute atomic E-state index is 13.7. The fourth-order valence-electron chi connectivity index (χ4n) is 2.43. The molecule has 0 bridgehead atoms. The van der Waals surface area contributed by atoms with Crippen LogP contribution in [0.4, 0.5) is 4.39 Å². The minimum absolute atomic E-state index is 0.162. The zero-order valence-electron chi connectivity index (χ0n) is 12.2. The highest BCUT2D eigenvalue weighted by Crippen LogP contribution is 2.17. The van der Waals surface area contributed by atoms with Crippen LogP contribution in [0.5, 0.6) is 0 Å². The number of pyridine rings is 1. The van der Waals surface area contributed by atoms with Gasteiger partial charge in [-0.1, -0.05) is 18.2 Å². The third-order valence-corrected chi connectivity index (χ3v) is 3.55. The lowest BCUT2D eigenvalue weighted by molar-refractivity contribution is 0.0944. The highest BCUT2D eigenvalue weighted by Gasteiger charge is 2.13. The number of halogens is 1. The Hall–Kier alpha value is -2.69. The molecule has 0 atom stereocenters. The largest absolute Gasteiger partial charge is 0.361 e. The Bertz CT molecular complexity index is 826. The van der Waals surface area contributed by atoms with E-state index in [0.717, 1.165) is 16.5 Å². The van der Waals surface area contributed by atoms with Crippen LogP contribution >= 0.6 is 0 Å². The molecule has 4 nitrogen and oxygen atoms in total. The predicted octanol–water partition coefficient (Wildman–Crippen LogP) is 2.98. The summed E-state index contributed by atoms with van der Waals surface area (Å²) in [6.07, 6.45) is 4.09. The summed E-state index contributed by atoms with van der Waals surface area (Å²) < 4.78 is 13.7. The van der Waals surface area contributed by atoms with Crippen molar-refractivity contribution in [3.05, 3.63) is 65.4 Å². The second-order valence-corrected chi connectivity index (χ2v) is 5.21. The van der Waals surface area contributed by atoms with Crippen LogP contribution in [-0.2, 0) is 6.42 Å². The number of benzene rings is 1. The summed E-state index contributed by atoms with van der Waals surface area (Å²) in [5.74, 6) is -1.08. The van der Waals surface area contributed by atoms with E-state index in [9.17, 15) is 9.18 Å². The van der Waals surface area contributed by atoms with E-state index in [2.05, 4.69) is 15.3 Å². The second kappa shape index (κ2) is 5.97. The quantitative estimate of drug-likeness (QED) is 0.778. The molecule has 0 unspecified atom stereocenters. The van der Waals surface area contributed by atoms with Crippen LogP contribution in [0, 0.1) is 12.7 Å². The monoisotopic (exact) mass is 297 g/mol. The number of hydrogen-bond acceptors (Lipinski definition) is 2. The van der Waals surface area contributed by atoms with Crippen molar-refractivity contribution in [2.24, 2.45) is 0 Å². The summed E-state index contributed by atoms with van der Waals surface area (Å²) in [7, 11) is 0. The van der Waals surface area contributed by atoms with Crippen LogP contribution in [0.3, 0.4) is 0 Å². The Balaban J connectivity index is 1.64. The third-order valence-electron chi connectivity index (χ3n) is 3.55. The Kier molecular flexibility index (Phi) is 3.87. The first-order chi connectivity index (χ1) is 10.6. The molecule has 0 aliphatic heterocycles. The molecule has 0 radical (unpaired) electrons. The summed E-state index contributed by atoms with van der Waals surface area (Å²) in [4.78, 5) is 19.0. The van der Waals surface area contributed by atoms with Crippen LogP contribution in [0.15, 0.2) is 42.7 Å². The van der Waals surface area contributed by atoms with Gasteiger partial charge in [0.2, 0.25) is 0 Å². The zero-order chi connectivity index (χ0) is 15.5. The summed E-state index contributed by atoms with van der Waals surface area (Å²) in [6, 6.07) is 9.29. The van der Waals surface area contributed by atoms with E-state index in [1.54, 1.807) is 6.92 Å². The first-order valence-electron chi connectivity index (χ1n) is 7.10. The number of carbonyl (C=O) groups is 1. The molecule has 1 amide bonds. The topological polar surface area (TPSA) is 57.8 Å². The molecule has 0 fully saturated rings. The van der Waals surface area contributed by atoms with Gasteiger partial charge in [0, 0.05) is 29.8 Å². The van der Waals surface area contributed by atoms with Crippen LogP contribution in [0.2, 0.25) is 0 Å². The number of H-pyrrole nitrogens is 1. The van der Waals surface area contributed by atoms with Gasteiger partial charge in [0.25, 0.3) is 5.91 Å². The number of amides is 1. The predicted molar refractivity (Wildman–Crippen MR) is 83.3 cm³/mol. The van der Waals surface area contributed by atoms with Gasteiger partial charge >= 0.3 is 0 Å². The minimum atomic E-state index is -0.593. The Labute approximate surface area is 127 Å². The van der Waals surface area contributed by atoms with Gasteiger partial charge in [-0.3, -0.25) is 4.79 Å². The van der Waals surface area contributed by atoms with Gasteiger partial charge < -0.3 is 10.3 Å². The van der Waals surface area contributed by atoms with Crippen LogP contribution in [-0.4, -0.2) is 22.4 Å². The third kappa shape index (κ3) is 2.83. The number of carbonyl (C=O) groups excluding carboxylic acids is 1. The van der Waals surface area contributed by atoms with Gasteiger partial charge in [-0.15, -0.1) is 0 Å². The number of aromatic amines is 1. The molecular weight excluding hydrogens is 281 g/mol. The van der Waals surface area contributed by atoms with E-state index in [1.807, 2.05) is 30.5 Å². The number of nitrogens with one attached hydrogen (secondary N) is 2. The lowest BCUT2D eigenvalue weighted by atomic mass is 10.1. The van der Waals surface area contributed by atoms with E-state index in [4.69, 9.17) is 0 Å². The van der Waals surface area contributed by atoms with Crippen molar-refractivity contribution in [1.82, 2.24) is 15.3 Å². The minimum Gasteiger partial charge on any atom is -0.361 e. The van der Waals surface area contributed by atoms with E-state index in [1.165, 1.54) is 12.3 Å². The lowest BCUT2D eigenvalue weighted by Crippen LogP contribution is -2.27. The van der Waals surface area contributed by atoms with E-state index >= 15 is 0 Å². The van der Waals surface area contributed by atoms with Crippen molar-refractivity contribution in [3.63, 3.8) is 0 Å². The average molecular weight is 297 g/mol. The number of hydrogen-bond donors (Lipinski definition) is 2. The van der Waals surface area contributed by atoms with Crippen molar-refractivity contribution >= 4 is 16.8 Å². The maximum Gasteiger partial charge on any atom is 0.272 e. The molecule has 5 heteroatoms. The van der Waals surface area contributed by atoms with Gasteiger partial charge in [-0.2, -0.15) is 0 Å². The fourth-order valence-corrected chi connectivity index (χ4v) is 2.43. The molecule has 22 heavy (non-hydrogen) atoms. The molecule has 1 aromatic carbocycles. The van der Waals surface area contributed by atoms with Gasteiger partial charge in [0.1, 0.15) is 0 Å². The maximum atomic E-state index is 13.7. The van der Waals surface area contributed by atoms with Crippen LogP contribution < -0.4 is 5.32 Å². The van der Waals surface area contributed by atoms with E-state index in [0.29, 0.717) is 18.5 Å². The molecule has 0 aliphatic carbocycles. The van der Waals surface area contributed by atoms with Crippen molar-refractivity contribution in [3.8, 4) is 0 Å². The second-order valence-electron chi connectivity index (χ2n) is 5.21. The van der Waals surface area contributed by atoms with Gasteiger partial charge in [0.15, 0.2) is 11.5 Å².